The standard InChI is InChI=1S/C63H53N4O2S.Pt/c1-61(2,3)41-21-23-51(45(32-41)36-15-11-10-12-16-36)67-52-24-26-54-56(57(52)66-59(67)47-33-42(62(4,5)6)34-48(58(47)68)63(7,8)9)55-46-29-39(20-25-53(46)69-60(55)70-54)49-30-38(27-28-64-49)37-19-22-44-43-18-14-13-17-40(43)35-65-50(44)31-37;/h10-28,30-35,68H,1-9H3;/q-1;. The summed E-state index contributed by atoms with van der Waals surface area (Å²) in [6, 6.07) is 53.1. The van der Waals surface area contributed by atoms with Crippen LogP contribution in [-0.2, 0) is 37.3 Å². The Hall–Kier alpha value is -6.92. The van der Waals surface area contributed by atoms with E-state index in [1.165, 1.54) is 10.9 Å². The van der Waals surface area contributed by atoms with Gasteiger partial charge in [0.25, 0.3) is 0 Å². The van der Waals surface area contributed by atoms with Gasteiger partial charge in [0.05, 0.1) is 33.4 Å². The van der Waals surface area contributed by atoms with Gasteiger partial charge in [-0.25, -0.2) is 4.98 Å². The predicted octanol–water partition coefficient (Wildman–Crippen LogP) is 17.3. The third-order valence-electron chi connectivity index (χ3n) is 14.0. The summed E-state index contributed by atoms with van der Waals surface area (Å²) >= 11 is 1.62. The Morgan fingerprint density at radius 2 is 1.37 bits per heavy atom. The molecule has 0 atom stereocenters. The largest absolute Gasteiger partial charge is 0.507 e. The molecule has 1 N–H and O–H groups in total. The summed E-state index contributed by atoms with van der Waals surface area (Å²) in [5, 5.41) is 18.9. The second-order valence-electron chi connectivity index (χ2n) is 21.8. The molecule has 0 aliphatic carbocycles. The van der Waals surface area contributed by atoms with Gasteiger partial charge < -0.3 is 9.52 Å². The average Bonchev–Trinajstić information content (AvgIpc) is 4.02. The van der Waals surface area contributed by atoms with Gasteiger partial charge in [0.1, 0.15) is 16.5 Å². The summed E-state index contributed by atoms with van der Waals surface area (Å²) in [5.41, 5.74) is 13.7. The Balaban J connectivity index is 0.00000547. The second-order valence-corrected chi connectivity index (χ2v) is 22.8. The quantitative estimate of drug-likeness (QED) is 0.137. The molecule has 0 fully saturated rings. The van der Waals surface area contributed by atoms with Crippen LogP contribution >= 0.6 is 11.3 Å². The number of rotatable bonds is 5. The predicted molar refractivity (Wildman–Crippen MR) is 293 cm³/mol. The van der Waals surface area contributed by atoms with E-state index in [2.05, 4.69) is 194 Å². The van der Waals surface area contributed by atoms with Crippen molar-refractivity contribution >= 4 is 75.4 Å². The fourth-order valence-corrected chi connectivity index (χ4v) is 11.2. The number of nitrogens with zero attached hydrogens (tertiary/aromatic N) is 4. The van der Waals surface area contributed by atoms with Crippen LogP contribution in [0.3, 0.4) is 0 Å². The summed E-state index contributed by atoms with van der Waals surface area (Å²) < 4.78 is 10.0. The van der Waals surface area contributed by atoms with Crippen LogP contribution in [0.4, 0.5) is 0 Å². The number of phenolic OH excluding ortho intramolecular Hbond substituents is 1. The van der Waals surface area contributed by atoms with E-state index >= 15 is 0 Å². The van der Waals surface area contributed by atoms with Crippen LogP contribution < -0.4 is 0 Å². The topological polar surface area (TPSA) is 77.0 Å². The number of hydrogen-bond donors (Lipinski definition) is 1. The van der Waals surface area contributed by atoms with E-state index in [4.69, 9.17) is 19.4 Å². The average molecular weight is 1130 g/mol. The molecular weight excluding hydrogens is 1070 g/mol. The molecule has 0 bridgehead atoms. The Labute approximate surface area is 432 Å². The maximum atomic E-state index is 12.6. The molecule has 12 rings (SSSR count). The minimum absolute atomic E-state index is 0. The zero-order chi connectivity index (χ0) is 48.4. The molecule has 5 heterocycles. The maximum Gasteiger partial charge on any atom is 0.149 e. The first-order valence-electron chi connectivity index (χ1n) is 24.0. The summed E-state index contributed by atoms with van der Waals surface area (Å²) in [5.74, 6) is 0.915. The number of aromatic nitrogens is 4. The Bertz CT molecular complexity index is 4090. The molecular formula is C63H53N4O2PtS-. The summed E-state index contributed by atoms with van der Waals surface area (Å²) in [7, 11) is 0. The minimum atomic E-state index is -0.340. The maximum absolute atomic E-state index is 12.6. The number of pyridine rings is 2. The van der Waals surface area contributed by atoms with Gasteiger partial charge in [-0.1, -0.05) is 164 Å². The first-order valence-corrected chi connectivity index (χ1v) is 24.9. The Morgan fingerprint density at radius 1 is 0.620 bits per heavy atom. The van der Waals surface area contributed by atoms with Crippen LogP contribution in [0.1, 0.15) is 79.0 Å². The van der Waals surface area contributed by atoms with Gasteiger partial charge in [-0.15, -0.1) is 23.5 Å². The van der Waals surface area contributed by atoms with E-state index in [1.54, 1.807) is 11.3 Å². The first-order chi connectivity index (χ1) is 33.5. The van der Waals surface area contributed by atoms with Crippen LogP contribution in [0.5, 0.6) is 5.75 Å². The first kappa shape index (κ1) is 46.5. The molecule has 5 aromatic heterocycles. The van der Waals surface area contributed by atoms with Crippen molar-refractivity contribution in [2.75, 3.05) is 0 Å². The molecule has 354 valence electrons. The van der Waals surface area contributed by atoms with Crippen LogP contribution in [0.2, 0.25) is 0 Å². The van der Waals surface area contributed by atoms with Gasteiger partial charge in [-0.05, 0) is 103 Å². The third-order valence-corrected chi connectivity index (χ3v) is 15.0. The summed E-state index contributed by atoms with van der Waals surface area (Å²) in [6.45, 7) is 19.9. The zero-order valence-electron chi connectivity index (χ0n) is 41.3. The van der Waals surface area contributed by atoms with Gasteiger partial charge in [0, 0.05) is 65.8 Å². The summed E-state index contributed by atoms with van der Waals surface area (Å²) in [6.07, 6.45) is 3.82. The van der Waals surface area contributed by atoms with E-state index in [0.717, 1.165) is 109 Å². The minimum Gasteiger partial charge on any atom is -0.507 e. The van der Waals surface area contributed by atoms with Gasteiger partial charge in [0.15, 0.2) is 0 Å². The molecule has 8 heteroatoms. The second kappa shape index (κ2) is 16.9. The number of imidazole rings is 1. The molecule has 0 amide bonds. The molecule has 6 nitrogen and oxygen atoms in total. The van der Waals surface area contributed by atoms with Crippen molar-refractivity contribution in [3.63, 3.8) is 0 Å². The molecule has 0 unspecified atom stereocenters. The smallest absolute Gasteiger partial charge is 0.149 e. The molecule has 0 spiro atoms. The van der Waals surface area contributed by atoms with Crippen molar-refractivity contribution in [2.24, 2.45) is 0 Å². The van der Waals surface area contributed by atoms with Crippen molar-refractivity contribution < 1.29 is 30.6 Å². The van der Waals surface area contributed by atoms with Crippen molar-refractivity contribution in [3.05, 3.63) is 175 Å². The Morgan fingerprint density at radius 3 is 2.14 bits per heavy atom. The van der Waals surface area contributed by atoms with E-state index in [-0.39, 0.29) is 43.1 Å². The number of fused-ring (bicyclic) bond motifs is 10. The van der Waals surface area contributed by atoms with E-state index in [9.17, 15) is 5.11 Å². The van der Waals surface area contributed by atoms with E-state index in [1.807, 2.05) is 30.6 Å². The number of thiophene rings is 1. The number of benzene rings is 7. The SMILES string of the molecule is CC(C)(C)c1ccc(-n2c(-c3cc(C(C)(C)C)cc(C(C)(C)C)c3O)nc3c4c(ccc32)sc2oc3ccc(-c5cc(-c6ccc7c(c6)ncc6ccccc67)ccn5)[c-]c3c24)c(-c2ccccc2)c1.[Pt]. The number of aromatic hydroxyl groups is 1. The van der Waals surface area contributed by atoms with Gasteiger partial charge in [-0.3, -0.25) is 14.5 Å². The van der Waals surface area contributed by atoms with Crippen molar-refractivity contribution in [1.29, 1.82) is 0 Å². The molecule has 0 saturated carbocycles. The molecule has 0 aliphatic heterocycles. The molecule has 71 heavy (non-hydrogen) atoms. The molecule has 7 aromatic carbocycles. The van der Waals surface area contributed by atoms with Crippen molar-refractivity contribution in [2.45, 2.75) is 78.6 Å². The third kappa shape index (κ3) is 7.86. The van der Waals surface area contributed by atoms with E-state index in [0.29, 0.717) is 11.4 Å². The van der Waals surface area contributed by atoms with Crippen LogP contribution in [0, 0.1) is 6.07 Å². The molecule has 12 aromatic rings. The Kier molecular flexibility index (Phi) is 11.0. The van der Waals surface area contributed by atoms with E-state index < -0.39 is 0 Å². The van der Waals surface area contributed by atoms with Gasteiger partial charge in [0.2, 0.25) is 0 Å². The zero-order valence-corrected chi connectivity index (χ0v) is 44.4. The van der Waals surface area contributed by atoms with Crippen LogP contribution in [0.15, 0.2) is 156 Å². The van der Waals surface area contributed by atoms with Gasteiger partial charge in [-0.2, -0.15) is 0 Å². The number of furan rings is 1. The van der Waals surface area contributed by atoms with Crippen molar-refractivity contribution in [1.82, 2.24) is 19.5 Å². The van der Waals surface area contributed by atoms with Crippen LogP contribution in [-0.4, -0.2) is 24.6 Å². The van der Waals surface area contributed by atoms with Crippen molar-refractivity contribution in [3.8, 4) is 56.3 Å². The fraction of sp³-hybridized carbons (Fsp3) is 0.190. The van der Waals surface area contributed by atoms with Crippen LogP contribution in [0.25, 0.3) is 115 Å². The number of hydrogen-bond acceptors (Lipinski definition) is 6. The fourth-order valence-electron chi connectivity index (χ4n) is 10.1. The van der Waals surface area contributed by atoms with Gasteiger partial charge >= 0.3 is 0 Å². The normalized spacial score (nSPS) is 12.5. The summed E-state index contributed by atoms with van der Waals surface area (Å²) in [4.78, 5) is 16.2. The monoisotopic (exact) mass is 1120 g/mol. The molecule has 0 radical (unpaired) electrons. The molecule has 0 aliphatic rings. The molecule has 0 saturated heterocycles. The number of phenols is 1.